The molecule has 3 nitrogen and oxygen atoms in total. The van der Waals surface area contributed by atoms with Crippen molar-refractivity contribution in [2.75, 3.05) is 0 Å². The molecule has 0 saturated carbocycles. The standard InChI is InChI=1S/C10H13N3S2/c1-2-7(11)3-10-13-8(5-14-10)9-4-12-6-15-9/h4-7H,2-3,11H2,1H3. The minimum atomic E-state index is 0.227. The van der Waals surface area contributed by atoms with Gasteiger partial charge in [-0.05, 0) is 6.42 Å². The number of hydrogen-bond donors (Lipinski definition) is 1. The summed E-state index contributed by atoms with van der Waals surface area (Å²) in [6.07, 6.45) is 3.72. The second-order valence-corrected chi connectivity index (χ2v) is 5.19. The van der Waals surface area contributed by atoms with Crippen molar-refractivity contribution in [1.29, 1.82) is 0 Å². The Hall–Kier alpha value is -0.780. The summed E-state index contributed by atoms with van der Waals surface area (Å²) in [6, 6.07) is 0.227. The second-order valence-electron chi connectivity index (χ2n) is 3.36. The van der Waals surface area contributed by atoms with Gasteiger partial charge in [-0.1, -0.05) is 6.92 Å². The maximum atomic E-state index is 5.89. The van der Waals surface area contributed by atoms with Gasteiger partial charge in [-0.25, -0.2) is 4.98 Å². The summed E-state index contributed by atoms with van der Waals surface area (Å²) in [5.74, 6) is 0. The van der Waals surface area contributed by atoms with Gasteiger partial charge in [-0.2, -0.15) is 0 Å². The van der Waals surface area contributed by atoms with Crippen LogP contribution in [-0.4, -0.2) is 16.0 Å². The highest BCUT2D eigenvalue weighted by molar-refractivity contribution is 7.14. The van der Waals surface area contributed by atoms with Crippen molar-refractivity contribution in [2.24, 2.45) is 5.73 Å². The minimum absolute atomic E-state index is 0.227. The molecule has 0 aliphatic rings. The fourth-order valence-electron chi connectivity index (χ4n) is 1.23. The first-order chi connectivity index (χ1) is 7.29. The predicted molar refractivity (Wildman–Crippen MR) is 65.2 cm³/mol. The van der Waals surface area contributed by atoms with Gasteiger partial charge >= 0.3 is 0 Å². The lowest BCUT2D eigenvalue weighted by molar-refractivity contribution is 0.644. The topological polar surface area (TPSA) is 51.8 Å². The van der Waals surface area contributed by atoms with Crippen LogP contribution in [0.5, 0.6) is 0 Å². The van der Waals surface area contributed by atoms with Crippen LogP contribution >= 0.6 is 22.7 Å². The molecule has 0 aromatic carbocycles. The highest BCUT2D eigenvalue weighted by atomic mass is 32.1. The molecule has 0 fully saturated rings. The van der Waals surface area contributed by atoms with Crippen molar-refractivity contribution in [2.45, 2.75) is 25.8 Å². The molecule has 2 aromatic rings. The summed E-state index contributed by atoms with van der Waals surface area (Å²) in [4.78, 5) is 9.72. The zero-order valence-corrected chi connectivity index (χ0v) is 10.1. The molecule has 1 atom stereocenters. The van der Waals surface area contributed by atoms with E-state index in [1.807, 2.05) is 11.7 Å². The number of nitrogens with two attached hydrogens (primary N) is 1. The lowest BCUT2D eigenvalue weighted by Crippen LogP contribution is -2.21. The number of aromatic nitrogens is 2. The summed E-state index contributed by atoms with van der Waals surface area (Å²) in [7, 11) is 0. The van der Waals surface area contributed by atoms with Crippen molar-refractivity contribution in [3.8, 4) is 10.6 Å². The van der Waals surface area contributed by atoms with Gasteiger partial charge in [0.25, 0.3) is 0 Å². The van der Waals surface area contributed by atoms with E-state index in [0.717, 1.165) is 28.4 Å². The summed E-state index contributed by atoms with van der Waals surface area (Å²) < 4.78 is 0. The van der Waals surface area contributed by atoms with E-state index in [4.69, 9.17) is 5.73 Å². The normalized spacial score (nSPS) is 12.9. The molecule has 15 heavy (non-hydrogen) atoms. The van der Waals surface area contributed by atoms with Crippen LogP contribution in [0.15, 0.2) is 17.1 Å². The van der Waals surface area contributed by atoms with Gasteiger partial charge in [0.15, 0.2) is 0 Å². The molecule has 2 N–H and O–H groups in total. The largest absolute Gasteiger partial charge is 0.327 e. The monoisotopic (exact) mass is 239 g/mol. The Balaban J connectivity index is 2.11. The molecule has 0 aliphatic heterocycles. The summed E-state index contributed by atoms with van der Waals surface area (Å²) in [5, 5.41) is 3.19. The molecule has 1 unspecified atom stereocenters. The quantitative estimate of drug-likeness (QED) is 0.892. The Labute approximate surface area is 97.0 Å². The minimum Gasteiger partial charge on any atom is -0.327 e. The maximum absolute atomic E-state index is 5.89. The Morgan fingerprint density at radius 3 is 3.00 bits per heavy atom. The Morgan fingerprint density at radius 2 is 2.33 bits per heavy atom. The average molecular weight is 239 g/mol. The molecule has 0 spiro atoms. The molecule has 0 amide bonds. The molecule has 5 heteroatoms. The van der Waals surface area contributed by atoms with Crippen molar-refractivity contribution in [3.63, 3.8) is 0 Å². The third kappa shape index (κ3) is 2.62. The van der Waals surface area contributed by atoms with Gasteiger partial charge in [0.05, 0.1) is 21.1 Å². The number of hydrogen-bond acceptors (Lipinski definition) is 5. The average Bonchev–Trinajstić information content (AvgIpc) is 2.85. The molecule has 0 bridgehead atoms. The molecule has 0 aliphatic carbocycles. The molecule has 0 saturated heterocycles. The number of thiazole rings is 2. The van der Waals surface area contributed by atoms with E-state index in [1.54, 1.807) is 22.7 Å². The first-order valence-corrected chi connectivity index (χ1v) is 6.64. The summed E-state index contributed by atoms with van der Waals surface area (Å²) in [6.45, 7) is 2.10. The molecule has 2 aromatic heterocycles. The maximum Gasteiger partial charge on any atom is 0.0948 e. The summed E-state index contributed by atoms with van der Waals surface area (Å²) >= 11 is 3.30. The highest BCUT2D eigenvalue weighted by Crippen LogP contribution is 2.25. The first-order valence-electron chi connectivity index (χ1n) is 4.88. The SMILES string of the molecule is CCC(N)Cc1nc(-c2cncs2)cs1. The first kappa shape index (κ1) is 10.7. The van der Waals surface area contributed by atoms with Crippen molar-refractivity contribution in [1.82, 2.24) is 9.97 Å². The highest BCUT2D eigenvalue weighted by Gasteiger charge is 2.08. The summed E-state index contributed by atoms with van der Waals surface area (Å²) in [5.41, 5.74) is 8.74. The van der Waals surface area contributed by atoms with Crippen LogP contribution in [0, 0.1) is 0 Å². The van der Waals surface area contributed by atoms with Crippen LogP contribution in [0.4, 0.5) is 0 Å². The van der Waals surface area contributed by atoms with E-state index < -0.39 is 0 Å². The lowest BCUT2D eigenvalue weighted by atomic mass is 10.2. The van der Waals surface area contributed by atoms with Gasteiger partial charge in [0, 0.05) is 24.0 Å². The molecular formula is C10H13N3S2. The lowest BCUT2D eigenvalue weighted by Gasteiger charge is -2.04. The van der Waals surface area contributed by atoms with Crippen LogP contribution in [0.1, 0.15) is 18.4 Å². The Bertz CT molecular complexity index is 408. The van der Waals surface area contributed by atoms with Crippen molar-refractivity contribution in [3.05, 3.63) is 22.1 Å². The van der Waals surface area contributed by atoms with E-state index in [-0.39, 0.29) is 6.04 Å². The van der Waals surface area contributed by atoms with Gasteiger partial charge in [0.2, 0.25) is 0 Å². The number of rotatable bonds is 4. The van der Waals surface area contributed by atoms with Crippen molar-refractivity contribution < 1.29 is 0 Å². The zero-order valence-electron chi connectivity index (χ0n) is 8.51. The van der Waals surface area contributed by atoms with Crippen LogP contribution in [0.25, 0.3) is 10.6 Å². The molecule has 80 valence electrons. The van der Waals surface area contributed by atoms with Gasteiger partial charge in [-0.3, -0.25) is 4.98 Å². The molecule has 0 radical (unpaired) electrons. The Morgan fingerprint density at radius 1 is 1.47 bits per heavy atom. The van der Waals surface area contributed by atoms with Crippen LogP contribution < -0.4 is 5.73 Å². The number of nitrogens with zero attached hydrogens (tertiary/aromatic N) is 2. The van der Waals surface area contributed by atoms with Crippen LogP contribution in [0.3, 0.4) is 0 Å². The predicted octanol–water partition coefficient (Wildman–Crippen LogP) is 2.55. The molecule has 2 rings (SSSR count). The smallest absolute Gasteiger partial charge is 0.0948 e. The van der Waals surface area contributed by atoms with Crippen molar-refractivity contribution >= 4 is 22.7 Å². The molecular weight excluding hydrogens is 226 g/mol. The van der Waals surface area contributed by atoms with E-state index >= 15 is 0 Å². The fraction of sp³-hybridized carbons (Fsp3) is 0.400. The van der Waals surface area contributed by atoms with Gasteiger partial charge < -0.3 is 5.73 Å². The van der Waals surface area contributed by atoms with Crippen LogP contribution in [0.2, 0.25) is 0 Å². The fourth-order valence-corrected chi connectivity index (χ4v) is 2.77. The van der Waals surface area contributed by atoms with E-state index in [0.29, 0.717) is 0 Å². The van der Waals surface area contributed by atoms with Gasteiger partial charge in [-0.15, -0.1) is 22.7 Å². The van der Waals surface area contributed by atoms with E-state index in [1.165, 1.54) is 0 Å². The Kier molecular flexibility index (Phi) is 3.45. The second kappa shape index (κ2) is 4.83. The third-order valence-corrected chi connectivity index (χ3v) is 3.86. The molecule has 2 heterocycles. The third-order valence-electron chi connectivity index (χ3n) is 2.20. The van der Waals surface area contributed by atoms with Gasteiger partial charge in [0.1, 0.15) is 0 Å². The zero-order chi connectivity index (χ0) is 10.7. The van der Waals surface area contributed by atoms with Crippen LogP contribution in [-0.2, 0) is 6.42 Å². The van der Waals surface area contributed by atoms with E-state index in [9.17, 15) is 0 Å². The van der Waals surface area contributed by atoms with E-state index in [2.05, 4.69) is 22.3 Å².